The predicted octanol–water partition coefficient (Wildman–Crippen LogP) is 6.85. The Hall–Kier alpha value is -4.14. The van der Waals surface area contributed by atoms with Crippen LogP contribution in [-0.4, -0.2) is 43.8 Å². The van der Waals surface area contributed by atoms with Gasteiger partial charge in [-0.3, -0.25) is 13.9 Å². The Bertz CT molecular complexity index is 1740. The standard InChI is InChI=1S/C37H40ClN3O4S/c1-27-15-17-30(18-16-27)25-40(35(24-29-10-4-3-5-11-29)37(43)39-32-12-6-7-13-32)36(42)26-41(33-14-8-9-28(2)23-33)46(44,45)34-21-19-31(38)20-22-34/h3-5,8-11,14-23,32,35H,6-7,12-13,24-26H2,1-2H3,(H,39,43)/t35-/m1/s1. The Balaban J connectivity index is 1.56. The summed E-state index contributed by atoms with van der Waals surface area (Å²) in [6, 6.07) is 29.5. The van der Waals surface area contributed by atoms with Crippen LogP contribution in [0.3, 0.4) is 0 Å². The van der Waals surface area contributed by atoms with Crippen molar-refractivity contribution in [2.75, 3.05) is 10.8 Å². The number of hydrogen-bond donors (Lipinski definition) is 1. The van der Waals surface area contributed by atoms with Crippen molar-refractivity contribution in [1.82, 2.24) is 10.2 Å². The molecule has 0 radical (unpaired) electrons. The van der Waals surface area contributed by atoms with Crippen LogP contribution >= 0.6 is 11.6 Å². The van der Waals surface area contributed by atoms with Gasteiger partial charge in [0.05, 0.1) is 10.6 Å². The molecule has 9 heteroatoms. The molecule has 0 unspecified atom stereocenters. The molecule has 7 nitrogen and oxygen atoms in total. The maximum Gasteiger partial charge on any atom is 0.264 e. The molecule has 240 valence electrons. The summed E-state index contributed by atoms with van der Waals surface area (Å²) in [5.74, 6) is -0.721. The van der Waals surface area contributed by atoms with E-state index in [-0.39, 0.29) is 29.8 Å². The number of benzene rings is 4. The zero-order valence-electron chi connectivity index (χ0n) is 26.2. The maximum absolute atomic E-state index is 14.6. The molecule has 46 heavy (non-hydrogen) atoms. The maximum atomic E-state index is 14.6. The largest absolute Gasteiger partial charge is 0.352 e. The van der Waals surface area contributed by atoms with Crippen LogP contribution < -0.4 is 9.62 Å². The Kier molecular flexibility index (Phi) is 10.8. The third-order valence-electron chi connectivity index (χ3n) is 8.42. The molecule has 0 aliphatic heterocycles. The van der Waals surface area contributed by atoms with Crippen molar-refractivity contribution in [2.45, 2.75) is 69.5 Å². The summed E-state index contributed by atoms with van der Waals surface area (Å²) < 4.78 is 29.5. The number of rotatable bonds is 12. The lowest BCUT2D eigenvalue weighted by molar-refractivity contribution is -0.140. The van der Waals surface area contributed by atoms with Gasteiger partial charge in [0, 0.05) is 24.0 Å². The Morgan fingerprint density at radius 1 is 0.826 bits per heavy atom. The number of carbonyl (C=O) groups is 2. The second kappa shape index (κ2) is 15.0. The second-order valence-corrected chi connectivity index (χ2v) is 14.3. The molecule has 0 heterocycles. The van der Waals surface area contributed by atoms with Crippen molar-refractivity contribution in [3.63, 3.8) is 0 Å². The molecule has 2 amide bonds. The number of halogens is 1. The number of nitrogens with zero attached hydrogens (tertiary/aromatic N) is 2. The first-order valence-electron chi connectivity index (χ1n) is 15.6. The zero-order chi connectivity index (χ0) is 32.7. The molecular formula is C37H40ClN3O4S. The van der Waals surface area contributed by atoms with Gasteiger partial charge >= 0.3 is 0 Å². The third-order valence-corrected chi connectivity index (χ3v) is 10.5. The van der Waals surface area contributed by atoms with Crippen LogP contribution in [0.25, 0.3) is 0 Å². The molecule has 1 N–H and O–H groups in total. The van der Waals surface area contributed by atoms with Crippen LogP contribution in [0.1, 0.15) is 47.9 Å². The molecule has 0 bridgehead atoms. The summed E-state index contributed by atoms with van der Waals surface area (Å²) in [5, 5.41) is 3.61. The Morgan fingerprint density at radius 3 is 2.15 bits per heavy atom. The molecule has 4 aromatic carbocycles. The van der Waals surface area contributed by atoms with E-state index in [0.29, 0.717) is 10.7 Å². The fourth-order valence-corrected chi connectivity index (χ4v) is 7.39. The van der Waals surface area contributed by atoms with Crippen LogP contribution in [0.2, 0.25) is 5.02 Å². The monoisotopic (exact) mass is 657 g/mol. The van der Waals surface area contributed by atoms with Gasteiger partial charge in [-0.15, -0.1) is 0 Å². The van der Waals surface area contributed by atoms with Crippen LogP contribution in [0.15, 0.2) is 108 Å². The normalized spacial score (nSPS) is 14.1. The van der Waals surface area contributed by atoms with E-state index in [1.54, 1.807) is 23.1 Å². The first kappa shape index (κ1) is 33.2. The summed E-state index contributed by atoms with van der Waals surface area (Å²) in [7, 11) is -4.19. The number of anilines is 1. The number of aryl methyl sites for hydroxylation is 2. The summed E-state index contributed by atoms with van der Waals surface area (Å²) in [6.07, 6.45) is 4.18. The van der Waals surface area contributed by atoms with Gasteiger partial charge in [-0.1, -0.05) is 96.7 Å². The van der Waals surface area contributed by atoms with Crippen LogP contribution in [0.4, 0.5) is 5.69 Å². The lowest BCUT2D eigenvalue weighted by Gasteiger charge is -2.34. The molecule has 0 saturated heterocycles. The van der Waals surface area contributed by atoms with Crippen LogP contribution in [0, 0.1) is 13.8 Å². The van der Waals surface area contributed by atoms with E-state index in [4.69, 9.17) is 11.6 Å². The number of amides is 2. The molecular weight excluding hydrogens is 618 g/mol. The smallest absolute Gasteiger partial charge is 0.264 e. The van der Waals surface area contributed by atoms with Crippen LogP contribution in [0.5, 0.6) is 0 Å². The first-order chi connectivity index (χ1) is 22.1. The number of carbonyl (C=O) groups excluding carboxylic acids is 2. The quantitative estimate of drug-likeness (QED) is 0.181. The van der Waals surface area contributed by atoms with E-state index in [1.165, 1.54) is 24.3 Å². The highest BCUT2D eigenvalue weighted by Crippen LogP contribution is 2.27. The first-order valence-corrected chi connectivity index (χ1v) is 17.5. The molecule has 1 atom stereocenters. The molecule has 5 rings (SSSR count). The average Bonchev–Trinajstić information content (AvgIpc) is 3.56. The molecule has 0 aromatic heterocycles. The number of nitrogens with one attached hydrogen (secondary N) is 1. The van der Waals surface area contributed by atoms with E-state index >= 15 is 0 Å². The summed E-state index contributed by atoms with van der Waals surface area (Å²) >= 11 is 6.08. The minimum Gasteiger partial charge on any atom is -0.352 e. The number of sulfonamides is 1. The van der Waals surface area contributed by atoms with E-state index in [0.717, 1.165) is 52.2 Å². The van der Waals surface area contributed by atoms with Gasteiger partial charge < -0.3 is 10.2 Å². The molecule has 0 spiro atoms. The van der Waals surface area contributed by atoms with Crippen molar-refractivity contribution in [3.05, 3.63) is 130 Å². The predicted molar refractivity (Wildman–Crippen MR) is 183 cm³/mol. The van der Waals surface area contributed by atoms with Gasteiger partial charge in [-0.05, 0) is 79.8 Å². The lowest BCUT2D eigenvalue weighted by atomic mass is 10.0. The van der Waals surface area contributed by atoms with Gasteiger partial charge in [-0.25, -0.2) is 8.42 Å². The van der Waals surface area contributed by atoms with Crippen LogP contribution in [-0.2, 0) is 32.6 Å². The fraction of sp³-hybridized carbons (Fsp3) is 0.297. The Labute approximate surface area is 277 Å². The van der Waals surface area contributed by atoms with Crippen molar-refractivity contribution in [2.24, 2.45) is 0 Å². The minimum absolute atomic E-state index is 0.0103. The Morgan fingerprint density at radius 2 is 1.50 bits per heavy atom. The zero-order valence-corrected chi connectivity index (χ0v) is 27.8. The van der Waals surface area contributed by atoms with E-state index < -0.39 is 28.5 Å². The SMILES string of the molecule is Cc1ccc(CN(C(=O)CN(c2cccc(C)c2)S(=O)(=O)c2ccc(Cl)cc2)[C@H](Cc2ccccc2)C(=O)NC2CCCC2)cc1. The van der Waals surface area contributed by atoms with Crippen molar-refractivity contribution < 1.29 is 18.0 Å². The molecule has 1 aliphatic carbocycles. The highest BCUT2D eigenvalue weighted by molar-refractivity contribution is 7.92. The summed E-state index contributed by atoms with van der Waals surface area (Å²) in [6.45, 7) is 3.49. The average molecular weight is 658 g/mol. The second-order valence-electron chi connectivity index (χ2n) is 12.0. The van der Waals surface area contributed by atoms with Gasteiger partial charge in [0.15, 0.2) is 0 Å². The third kappa shape index (κ3) is 8.36. The van der Waals surface area contributed by atoms with E-state index in [9.17, 15) is 18.0 Å². The van der Waals surface area contributed by atoms with Gasteiger partial charge in [0.25, 0.3) is 10.0 Å². The molecule has 1 saturated carbocycles. The highest BCUT2D eigenvalue weighted by atomic mass is 35.5. The van der Waals surface area contributed by atoms with Crippen molar-refractivity contribution in [1.29, 1.82) is 0 Å². The minimum atomic E-state index is -4.19. The van der Waals surface area contributed by atoms with Gasteiger partial charge in [0.2, 0.25) is 11.8 Å². The topological polar surface area (TPSA) is 86.8 Å². The fourth-order valence-electron chi connectivity index (χ4n) is 5.86. The van der Waals surface area contributed by atoms with E-state index in [2.05, 4.69) is 5.32 Å². The van der Waals surface area contributed by atoms with E-state index in [1.807, 2.05) is 74.5 Å². The lowest BCUT2D eigenvalue weighted by Crippen LogP contribution is -2.54. The van der Waals surface area contributed by atoms with Crippen molar-refractivity contribution >= 4 is 39.1 Å². The summed E-state index contributed by atoms with van der Waals surface area (Å²) in [4.78, 5) is 30.3. The highest BCUT2D eigenvalue weighted by Gasteiger charge is 2.35. The molecule has 1 fully saturated rings. The number of hydrogen-bond acceptors (Lipinski definition) is 4. The summed E-state index contributed by atoms with van der Waals surface area (Å²) in [5.41, 5.74) is 4.01. The molecule has 4 aromatic rings. The van der Waals surface area contributed by atoms with Gasteiger partial charge in [-0.2, -0.15) is 0 Å². The van der Waals surface area contributed by atoms with Gasteiger partial charge in [0.1, 0.15) is 12.6 Å². The molecule has 1 aliphatic rings. The van der Waals surface area contributed by atoms with Crippen molar-refractivity contribution in [3.8, 4) is 0 Å².